The molecule has 17 heavy (non-hydrogen) atoms. The first-order chi connectivity index (χ1) is 7.28. The van der Waals surface area contributed by atoms with Crippen molar-refractivity contribution in [3.8, 4) is 0 Å². The van der Waals surface area contributed by atoms with Crippen LogP contribution >= 0.6 is 24.8 Å². The molecule has 0 atom stereocenters. The first-order valence-corrected chi connectivity index (χ1v) is 5.59. The van der Waals surface area contributed by atoms with E-state index >= 15 is 0 Å². The molecule has 0 saturated carbocycles. The fourth-order valence-electron chi connectivity index (χ4n) is 2.05. The number of rotatable bonds is 3. The Labute approximate surface area is 115 Å². The summed E-state index contributed by atoms with van der Waals surface area (Å²) < 4.78 is 5.47. The lowest BCUT2D eigenvalue weighted by atomic mass is 10.1. The minimum atomic E-state index is 0. The van der Waals surface area contributed by atoms with Gasteiger partial charge in [0.1, 0.15) is 5.76 Å². The van der Waals surface area contributed by atoms with Crippen molar-refractivity contribution < 1.29 is 4.42 Å². The lowest BCUT2D eigenvalue weighted by Crippen LogP contribution is -2.40. The van der Waals surface area contributed by atoms with Crippen molar-refractivity contribution in [2.45, 2.75) is 32.4 Å². The molecule has 1 aliphatic heterocycles. The summed E-state index contributed by atoms with van der Waals surface area (Å²) in [6.45, 7) is 5.05. The molecule has 1 aliphatic rings. The van der Waals surface area contributed by atoms with Gasteiger partial charge < -0.3 is 9.73 Å². The van der Waals surface area contributed by atoms with Crippen molar-refractivity contribution in [3.05, 3.63) is 17.8 Å². The summed E-state index contributed by atoms with van der Waals surface area (Å²) in [6, 6.07) is 0.688. The summed E-state index contributed by atoms with van der Waals surface area (Å²) in [5.41, 5.74) is 0. The zero-order valence-corrected chi connectivity index (χ0v) is 11.9. The largest absolute Gasteiger partial charge is 0.445 e. The molecule has 1 aromatic heterocycles. The van der Waals surface area contributed by atoms with Gasteiger partial charge >= 0.3 is 0 Å². The summed E-state index contributed by atoms with van der Waals surface area (Å²) >= 11 is 0. The van der Waals surface area contributed by atoms with E-state index in [0.717, 1.165) is 31.3 Å². The summed E-state index contributed by atoms with van der Waals surface area (Å²) in [7, 11) is 2.04. The van der Waals surface area contributed by atoms with E-state index in [1.54, 1.807) is 6.20 Å². The molecule has 1 saturated heterocycles. The van der Waals surface area contributed by atoms with Crippen molar-refractivity contribution in [1.82, 2.24) is 15.2 Å². The van der Waals surface area contributed by atoms with Crippen LogP contribution in [0.25, 0.3) is 0 Å². The molecule has 0 aromatic carbocycles. The van der Waals surface area contributed by atoms with Crippen LogP contribution in [0.2, 0.25) is 0 Å². The minimum Gasteiger partial charge on any atom is -0.445 e. The third kappa shape index (κ3) is 4.84. The van der Waals surface area contributed by atoms with Gasteiger partial charge in [-0.15, -0.1) is 24.8 Å². The zero-order valence-electron chi connectivity index (χ0n) is 10.3. The van der Waals surface area contributed by atoms with Crippen molar-refractivity contribution in [2.75, 3.05) is 20.1 Å². The van der Waals surface area contributed by atoms with Crippen LogP contribution in [0.3, 0.4) is 0 Å². The van der Waals surface area contributed by atoms with Gasteiger partial charge in [-0.2, -0.15) is 0 Å². The molecule has 0 bridgehead atoms. The van der Waals surface area contributed by atoms with E-state index < -0.39 is 0 Å². The molecule has 2 rings (SSSR count). The van der Waals surface area contributed by atoms with Crippen molar-refractivity contribution >= 4 is 24.8 Å². The van der Waals surface area contributed by atoms with Gasteiger partial charge in [0.25, 0.3) is 0 Å². The van der Waals surface area contributed by atoms with E-state index in [9.17, 15) is 0 Å². The Morgan fingerprint density at radius 3 is 2.53 bits per heavy atom. The van der Waals surface area contributed by atoms with E-state index in [2.05, 4.69) is 15.2 Å². The Hall–Kier alpha value is -0.290. The van der Waals surface area contributed by atoms with E-state index in [1.807, 2.05) is 14.0 Å². The summed E-state index contributed by atoms with van der Waals surface area (Å²) in [5.74, 6) is 1.74. The van der Waals surface area contributed by atoms with E-state index in [0.29, 0.717) is 6.04 Å². The minimum absolute atomic E-state index is 0. The van der Waals surface area contributed by atoms with Gasteiger partial charge in [0.2, 0.25) is 5.89 Å². The molecule has 0 aliphatic carbocycles. The quantitative estimate of drug-likeness (QED) is 0.920. The molecule has 0 amide bonds. The standard InChI is InChI=1S/C11H19N3O.2ClH/c1-9-7-13-11(15-9)8-14-5-3-10(12-2)4-6-14;;/h7,10,12H,3-6,8H2,1-2H3;2*1H. The second-order valence-electron chi connectivity index (χ2n) is 4.20. The lowest BCUT2D eigenvalue weighted by molar-refractivity contribution is 0.178. The summed E-state index contributed by atoms with van der Waals surface area (Å²) in [6.07, 6.45) is 4.22. The highest BCUT2D eigenvalue weighted by Gasteiger charge is 2.18. The number of oxazole rings is 1. The first-order valence-electron chi connectivity index (χ1n) is 5.59. The van der Waals surface area contributed by atoms with Crippen LogP contribution < -0.4 is 5.32 Å². The predicted molar refractivity (Wildman–Crippen MR) is 73.1 cm³/mol. The fraction of sp³-hybridized carbons (Fsp3) is 0.727. The van der Waals surface area contributed by atoms with Gasteiger partial charge in [0.15, 0.2) is 0 Å². The maximum atomic E-state index is 5.47. The highest BCUT2D eigenvalue weighted by molar-refractivity contribution is 5.85. The molecular formula is C11H21Cl2N3O. The molecule has 1 fully saturated rings. The number of nitrogens with one attached hydrogen (secondary N) is 1. The van der Waals surface area contributed by atoms with Crippen molar-refractivity contribution in [3.63, 3.8) is 0 Å². The van der Waals surface area contributed by atoms with Gasteiger partial charge in [-0.05, 0) is 26.8 Å². The van der Waals surface area contributed by atoms with Gasteiger partial charge in [-0.1, -0.05) is 0 Å². The molecule has 2 heterocycles. The normalized spacial score (nSPS) is 17.3. The number of hydrogen-bond acceptors (Lipinski definition) is 4. The second kappa shape index (κ2) is 7.93. The smallest absolute Gasteiger partial charge is 0.208 e. The van der Waals surface area contributed by atoms with E-state index in [1.165, 1.54) is 12.8 Å². The third-order valence-electron chi connectivity index (χ3n) is 3.02. The average Bonchev–Trinajstić information content (AvgIpc) is 2.65. The van der Waals surface area contributed by atoms with Crippen LogP contribution in [0.1, 0.15) is 24.5 Å². The fourth-order valence-corrected chi connectivity index (χ4v) is 2.05. The molecule has 0 unspecified atom stereocenters. The zero-order chi connectivity index (χ0) is 10.7. The molecule has 100 valence electrons. The Balaban J connectivity index is 0.00000128. The number of halogens is 2. The molecule has 6 heteroatoms. The third-order valence-corrected chi connectivity index (χ3v) is 3.02. The van der Waals surface area contributed by atoms with Gasteiger partial charge in [0, 0.05) is 19.1 Å². The number of likely N-dealkylation sites (tertiary alicyclic amines) is 1. The van der Waals surface area contributed by atoms with Crippen molar-refractivity contribution in [2.24, 2.45) is 0 Å². The Morgan fingerprint density at radius 2 is 2.06 bits per heavy atom. The van der Waals surface area contributed by atoms with Crippen LogP contribution in [0, 0.1) is 6.92 Å². The molecule has 4 nitrogen and oxygen atoms in total. The monoisotopic (exact) mass is 281 g/mol. The SMILES string of the molecule is CNC1CCN(Cc2ncc(C)o2)CC1.Cl.Cl. The molecule has 1 N–H and O–H groups in total. The van der Waals surface area contributed by atoms with E-state index in [-0.39, 0.29) is 24.8 Å². The molecule has 1 aromatic rings. The van der Waals surface area contributed by atoms with Crippen LogP contribution in [0.15, 0.2) is 10.6 Å². The Morgan fingerprint density at radius 1 is 1.41 bits per heavy atom. The number of piperidine rings is 1. The Kier molecular flexibility index (Phi) is 7.79. The number of hydrogen-bond donors (Lipinski definition) is 1. The van der Waals surface area contributed by atoms with Gasteiger partial charge in [-0.25, -0.2) is 4.98 Å². The van der Waals surface area contributed by atoms with Crippen LogP contribution in [-0.2, 0) is 6.54 Å². The summed E-state index contributed by atoms with van der Waals surface area (Å²) in [4.78, 5) is 6.63. The highest BCUT2D eigenvalue weighted by Crippen LogP contribution is 2.13. The van der Waals surface area contributed by atoms with Gasteiger partial charge in [-0.3, -0.25) is 4.90 Å². The highest BCUT2D eigenvalue weighted by atomic mass is 35.5. The van der Waals surface area contributed by atoms with Gasteiger partial charge in [0.05, 0.1) is 12.7 Å². The van der Waals surface area contributed by atoms with E-state index in [4.69, 9.17) is 4.42 Å². The van der Waals surface area contributed by atoms with Crippen molar-refractivity contribution in [1.29, 1.82) is 0 Å². The second-order valence-corrected chi connectivity index (χ2v) is 4.20. The number of aromatic nitrogens is 1. The van der Waals surface area contributed by atoms with Crippen LogP contribution in [0.5, 0.6) is 0 Å². The topological polar surface area (TPSA) is 41.3 Å². The Bertz CT molecular complexity index is 311. The lowest BCUT2D eigenvalue weighted by Gasteiger charge is -2.30. The predicted octanol–water partition coefficient (Wildman–Crippen LogP) is 2.01. The molecular weight excluding hydrogens is 261 g/mol. The first kappa shape index (κ1) is 16.7. The number of aryl methyl sites for hydroxylation is 1. The van der Waals surface area contributed by atoms with Crippen LogP contribution in [-0.4, -0.2) is 36.1 Å². The molecule has 0 radical (unpaired) electrons. The average molecular weight is 282 g/mol. The summed E-state index contributed by atoms with van der Waals surface area (Å²) in [5, 5.41) is 3.33. The van der Waals surface area contributed by atoms with Crippen LogP contribution in [0.4, 0.5) is 0 Å². The maximum absolute atomic E-state index is 5.47. The number of nitrogens with zero attached hydrogens (tertiary/aromatic N) is 2. The maximum Gasteiger partial charge on any atom is 0.208 e. The molecule has 0 spiro atoms.